The van der Waals surface area contributed by atoms with Gasteiger partial charge in [-0.15, -0.1) is 0 Å². The largest absolute Gasteiger partial charge is 0.323 e. The highest BCUT2D eigenvalue weighted by Crippen LogP contribution is 2.16. The van der Waals surface area contributed by atoms with Gasteiger partial charge in [0.1, 0.15) is 17.3 Å². The van der Waals surface area contributed by atoms with Crippen molar-refractivity contribution < 1.29 is 13.6 Å². The minimum Gasteiger partial charge on any atom is -0.323 e. The molecule has 1 heterocycles. The lowest BCUT2D eigenvalue weighted by Gasteiger charge is -2.06. The van der Waals surface area contributed by atoms with Crippen LogP contribution >= 0.6 is 0 Å². The van der Waals surface area contributed by atoms with Crippen LogP contribution in [0.2, 0.25) is 0 Å². The molecule has 2 rings (SSSR count). The quantitative estimate of drug-likeness (QED) is 0.584. The minimum atomic E-state index is -0.853. The monoisotopic (exact) mass is 264 g/mol. The van der Waals surface area contributed by atoms with E-state index >= 15 is 0 Å². The van der Waals surface area contributed by atoms with Crippen LogP contribution in [0.3, 0.4) is 0 Å². The van der Waals surface area contributed by atoms with Crippen molar-refractivity contribution in [3.8, 4) is 0 Å². The number of carbonyl (C=O) groups is 1. The number of nitrogens with one attached hydrogen (secondary N) is 2. The highest BCUT2D eigenvalue weighted by molar-refractivity contribution is 6.03. The zero-order valence-corrected chi connectivity index (χ0v) is 9.65. The Morgan fingerprint density at radius 3 is 2.58 bits per heavy atom. The molecule has 0 unspecified atom stereocenters. The first-order valence-corrected chi connectivity index (χ1v) is 5.29. The molecule has 0 aliphatic heterocycles. The predicted octanol–water partition coefficient (Wildman–Crippen LogP) is 1.90. The Bertz CT molecular complexity index is 601. The number of anilines is 2. The molecule has 1 aromatic carbocycles. The standard InChI is InChI=1S/C12H10F2N4O/c13-7-1-3-10(9(14)5-7)17-12(19)11-4-2-8(18-15)6-16-11/h1-6,18H,15H2,(H,17,19). The van der Waals surface area contributed by atoms with Crippen molar-refractivity contribution in [3.05, 3.63) is 53.9 Å². The van der Waals surface area contributed by atoms with Crippen LogP contribution in [0, 0.1) is 11.6 Å². The number of pyridine rings is 1. The van der Waals surface area contributed by atoms with Crippen molar-refractivity contribution >= 4 is 17.3 Å². The van der Waals surface area contributed by atoms with Crippen LogP contribution in [-0.4, -0.2) is 10.9 Å². The Labute approximate surface area is 107 Å². The number of nitrogen functional groups attached to an aromatic ring is 1. The summed E-state index contributed by atoms with van der Waals surface area (Å²) in [4.78, 5) is 15.6. The third-order valence-electron chi connectivity index (χ3n) is 2.34. The maximum atomic E-state index is 13.3. The SMILES string of the molecule is NNc1ccc(C(=O)Nc2ccc(F)cc2F)nc1. The van der Waals surface area contributed by atoms with Gasteiger partial charge in [-0.2, -0.15) is 0 Å². The molecule has 5 nitrogen and oxygen atoms in total. The molecule has 19 heavy (non-hydrogen) atoms. The van der Waals surface area contributed by atoms with Crippen molar-refractivity contribution in [2.75, 3.05) is 10.7 Å². The summed E-state index contributed by atoms with van der Waals surface area (Å²) in [6.45, 7) is 0. The van der Waals surface area contributed by atoms with Gasteiger partial charge in [-0.25, -0.2) is 13.8 Å². The molecule has 0 aliphatic carbocycles. The van der Waals surface area contributed by atoms with Gasteiger partial charge in [0.25, 0.3) is 5.91 Å². The second kappa shape index (κ2) is 5.40. The first-order valence-electron chi connectivity index (χ1n) is 5.29. The molecule has 1 aromatic heterocycles. The Morgan fingerprint density at radius 2 is 2.00 bits per heavy atom. The van der Waals surface area contributed by atoms with Crippen molar-refractivity contribution in [3.63, 3.8) is 0 Å². The molecule has 98 valence electrons. The Balaban J connectivity index is 2.15. The number of rotatable bonds is 3. The summed E-state index contributed by atoms with van der Waals surface area (Å²) in [5.74, 6) is 2.99. The molecule has 2 aromatic rings. The van der Waals surface area contributed by atoms with E-state index < -0.39 is 17.5 Å². The van der Waals surface area contributed by atoms with Gasteiger partial charge < -0.3 is 10.7 Å². The van der Waals surface area contributed by atoms with Crippen LogP contribution in [0.15, 0.2) is 36.5 Å². The van der Waals surface area contributed by atoms with E-state index in [4.69, 9.17) is 5.84 Å². The number of nitrogens with two attached hydrogens (primary N) is 1. The number of carbonyl (C=O) groups excluding carboxylic acids is 1. The highest BCUT2D eigenvalue weighted by Gasteiger charge is 2.11. The lowest BCUT2D eigenvalue weighted by atomic mass is 10.2. The fourth-order valence-corrected chi connectivity index (χ4v) is 1.39. The fourth-order valence-electron chi connectivity index (χ4n) is 1.39. The van der Waals surface area contributed by atoms with E-state index in [0.29, 0.717) is 11.8 Å². The van der Waals surface area contributed by atoms with Gasteiger partial charge in [-0.05, 0) is 24.3 Å². The minimum absolute atomic E-state index is 0.0859. The van der Waals surface area contributed by atoms with E-state index in [-0.39, 0.29) is 11.4 Å². The summed E-state index contributed by atoms with van der Waals surface area (Å²) in [6, 6.07) is 5.84. The van der Waals surface area contributed by atoms with E-state index in [1.165, 1.54) is 12.3 Å². The van der Waals surface area contributed by atoms with Crippen LogP contribution in [-0.2, 0) is 0 Å². The van der Waals surface area contributed by atoms with Gasteiger partial charge in [0, 0.05) is 6.07 Å². The van der Waals surface area contributed by atoms with Gasteiger partial charge in [-0.1, -0.05) is 0 Å². The number of nitrogens with zero attached hydrogens (tertiary/aromatic N) is 1. The number of hydrogen-bond acceptors (Lipinski definition) is 4. The maximum Gasteiger partial charge on any atom is 0.274 e. The van der Waals surface area contributed by atoms with Crippen molar-refractivity contribution in [1.82, 2.24) is 4.98 Å². The highest BCUT2D eigenvalue weighted by atomic mass is 19.1. The number of hydrogen-bond donors (Lipinski definition) is 3. The summed E-state index contributed by atoms with van der Waals surface area (Å²) >= 11 is 0. The molecule has 7 heteroatoms. The second-order valence-corrected chi connectivity index (χ2v) is 3.65. The number of aromatic nitrogens is 1. The third kappa shape index (κ3) is 3.02. The maximum absolute atomic E-state index is 13.3. The average Bonchev–Trinajstić information content (AvgIpc) is 2.42. The first kappa shape index (κ1) is 12.9. The van der Waals surface area contributed by atoms with Gasteiger partial charge in [-0.3, -0.25) is 10.6 Å². The molecule has 4 N–H and O–H groups in total. The normalized spacial score (nSPS) is 10.1. The summed E-state index contributed by atoms with van der Waals surface area (Å²) < 4.78 is 26.1. The smallest absolute Gasteiger partial charge is 0.274 e. The second-order valence-electron chi connectivity index (χ2n) is 3.65. The summed E-state index contributed by atoms with van der Waals surface area (Å²) in [5.41, 5.74) is 2.86. The molecule has 0 atom stereocenters. The predicted molar refractivity (Wildman–Crippen MR) is 66.4 cm³/mol. The van der Waals surface area contributed by atoms with E-state index in [2.05, 4.69) is 15.7 Å². The zero-order chi connectivity index (χ0) is 13.8. The molecular weight excluding hydrogens is 254 g/mol. The lowest BCUT2D eigenvalue weighted by molar-refractivity contribution is 0.102. The molecule has 0 radical (unpaired) electrons. The van der Waals surface area contributed by atoms with E-state index in [0.717, 1.165) is 12.1 Å². The molecule has 1 amide bonds. The summed E-state index contributed by atoms with van der Waals surface area (Å²) in [7, 11) is 0. The molecule has 0 spiro atoms. The fraction of sp³-hybridized carbons (Fsp3) is 0. The molecule has 0 saturated carbocycles. The molecule has 0 saturated heterocycles. The van der Waals surface area contributed by atoms with Crippen molar-refractivity contribution in [2.45, 2.75) is 0 Å². The number of benzene rings is 1. The van der Waals surface area contributed by atoms with Gasteiger partial charge >= 0.3 is 0 Å². The van der Waals surface area contributed by atoms with Crippen LogP contribution < -0.4 is 16.6 Å². The third-order valence-corrected chi connectivity index (χ3v) is 2.34. The van der Waals surface area contributed by atoms with Crippen LogP contribution in [0.25, 0.3) is 0 Å². The van der Waals surface area contributed by atoms with Gasteiger partial charge in [0.15, 0.2) is 0 Å². The van der Waals surface area contributed by atoms with Crippen molar-refractivity contribution in [2.24, 2.45) is 5.84 Å². The van der Waals surface area contributed by atoms with E-state index in [1.54, 1.807) is 6.07 Å². The van der Waals surface area contributed by atoms with Crippen molar-refractivity contribution in [1.29, 1.82) is 0 Å². The molecule has 0 aliphatic rings. The van der Waals surface area contributed by atoms with Crippen LogP contribution in [0.1, 0.15) is 10.5 Å². The molecular formula is C12H10F2N4O. The number of amides is 1. The number of halogens is 2. The Kier molecular flexibility index (Phi) is 3.67. The molecule has 0 fully saturated rings. The summed E-state index contributed by atoms with van der Waals surface area (Å²) in [5, 5.41) is 2.30. The number of hydrazine groups is 1. The van der Waals surface area contributed by atoms with Gasteiger partial charge in [0.05, 0.1) is 17.6 Å². The summed E-state index contributed by atoms with van der Waals surface area (Å²) in [6.07, 6.45) is 1.36. The molecule has 0 bridgehead atoms. The van der Waals surface area contributed by atoms with Gasteiger partial charge in [0.2, 0.25) is 0 Å². The zero-order valence-electron chi connectivity index (χ0n) is 9.65. The Hall–Kier alpha value is -2.54. The Morgan fingerprint density at radius 1 is 1.21 bits per heavy atom. The van der Waals surface area contributed by atoms with Crippen LogP contribution in [0.4, 0.5) is 20.2 Å². The van der Waals surface area contributed by atoms with Crippen LogP contribution in [0.5, 0.6) is 0 Å². The van der Waals surface area contributed by atoms with E-state index in [1.807, 2.05) is 0 Å². The lowest BCUT2D eigenvalue weighted by Crippen LogP contribution is -2.15. The van der Waals surface area contributed by atoms with E-state index in [9.17, 15) is 13.6 Å². The average molecular weight is 264 g/mol. The topological polar surface area (TPSA) is 80.0 Å². The first-order chi connectivity index (χ1) is 9.10.